The minimum Gasteiger partial charge on any atom is -0.493 e. The zero-order valence-electron chi connectivity index (χ0n) is 11.7. The van der Waals surface area contributed by atoms with Crippen molar-refractivity contribution in [1.82, 2.24) is 5.32 Å². The van der Waals surface area contributed by atoms with Crippen LogP contribution in [0.5, 0.6) is 5.75 Å². The monoisotopic (exact) mass is 277 g/mol. The van der Waals surface area contributed by atoms with Gasteiger partial charge in [0.25, 0.3) is 0 Å². The molecule has 2 atom stereocenters. The van der Waals surface area contributed by atoms with E-state index in [1.54, 1.807) is 0 Å². The lowest BCUT2D eigenvalue weighted by Crippen LogP contribution is -2.36. The summed E-state index contributed by atoms with van der Waals surface area (Å²) in [5.41, 5.74) is 2.64. The van der Waals surface area contributed by atoms with Crippen molar-refractivity contribution in [2.45, 2.75) is 44.7 Å². The summed E-state index contributed by atoms with van der Waals surface area (Å²) in [5, 5.41) is 3.88. The Hall–Kier alpha value is -0.670. The molecule has 1 fully saturated rings. The molecule has 104 valence electrons. The van der Waals surface area contributed by atoms with E-state index in [1.165, 1.54) is 41.9 Å². The molecule has 2 aliphatic rings. The molecule has 2 aliphatic heterocycles. The average Bonchev–Trinajstić information content (AvgIpc) is 2.64. The highest BCUT2D eigenvalue weighted by atomic mass is 32.2. The van der Waals surface area contributed by atoms with E-state index in [-0.39, 0.29) is 0 Å². The molecule has 0 spiro atoms. The average molecular weight is 277 g/mol. The first kappa shape index (κ1) is 13.3. The fraction of sp³-hybridized carbons (Fsp3) is 0.625. The molecule has 0 amide bonds. The number of nitrogens with one attached hydrogen (secondary N) is 1. The number of para-hydroxylation sites is 1. The maximum atomic E-state index is 5.95. The molecule has 0 saturated carbocycles. The third kappa shape index (κ3) is 3.09. The van der Waals surface area contributed by atoms with E-state index in [1.807, 2.05) is 0 Å². The van der Waals surface area contributed by atoms with E-state index < -0.39 is 0 Å². The van der Waals surface area contributed by atoms with Crippen LogP contribution in [-0.4, -0.2) is 24.2 Å². The van der Waals surface area contributed by atoms with Crippen LogP contribution >= 0.6 is 11.8 Å². The zero-order chi connectivity index (χ0) is 13.1. The topological polar surface area (TPSA) is 21.3 Å². The van der Waals surface area contributed by atoms with Gasteiger partial charge in [0.2, 0.25) is 0 Å². The van der Waals surface area contributed by atoms with E-state index in [0.29, 0.717) is 12.1 Å². The van der Waals surface area contributed by atoms with E-state index >= 15 is 0 Å². The third-order valence-corrected chi connectivity index (χ3v) is 5.31. The van der Waals surface area contributed by atoms with Crippen LogP contribution in [-0.2, 0) is 0 Å². The fourth-order valence-electron chi connectivity index (χ4n) is 3.09. The van der Waals surface area contributed by atoms with E-state index in [0.717, 1.165) is 18.8 Å². The van der Waals surface area contributed by atoms with Crippen LogP contribution in [0.3, 0.4) is 0 Å². The molecule has 1 saturated heterocycles. The van der Waals surface area contributed by atoms with E-state index in [9.17, 15) is 0 Å². The lowest BCUT2D eigenvalue weighted by atomic mass is 9.98. The van der Waals surface area contributed by atoms with Crippen LogP contribution in [0, 0.1) is 6.92 Å². The number of thioether (sulfide) groups is 1. The minimum atomic E-state index is 0.473. The van der Waals surface area contributed by atoms with Crippen LogP contribution in [0.15, 0.2) is 18.2 Å². The van der Waals surface area contributed by atoms with Gasteiger partial charge in [0.15, 0.2) is 0 Å². The number of ether oxygens (including phenoxy) is 1. The first-order chi connectivity index (χ1) is 9.34. The molecule has 3 rings (SSSR count). The number of fused-ring (bicyclic) bond motifs is 1. The summed E-state index contributed by atoms with van der Waals surface area (Å²) in [6.07, 6.45) is 5.01. The summed E-state index contributed by atoms with van der Waals surface area (Å²) >= 11 is 2.09. The summed E-state index contributed by atoms with van der Waals surface area (Å²) in [6, 6.07) is 7.70. The molecule has 1 N–H and O–H groups in total. The zero-order valence-corrected chi connectivity index (χ0v) is 12.5. The van der Waals surface area contributed by atoms with Crippen molar-refractivity contribution in [3.8, 4) is 5.75 Å². The Morgan fingerprint density at radius 3 is 3.05 bits per heavy atom. The lowest BCUT2D eigenvalue weighted by Gasteiger charge is -2.28. The predicted molar refractivity (Wildman–Crippen MR) is 82.1 cm³/mol. The Labute approximate surface area is 120 Å². The first-order valence-electron chi connectivity index (χ1n) is 7.40. The normalized spacial score (nSPS) is 27.2. The van der Waals surface area contributed by atoms with Crippen LogP contribution in [0.1, 0.15) is 42.9 Å². The lowest BCUT2D eigenvalue weighted by molar-refractivity contribution is 0.312. The summed E-state index contributed by atoms with van der Waals surface area (Å²) in [4.78, 5) is 0. The Balaban J connectivity index is 1.79. The highest BCUT2D eigenvalue weighted by Crippen LogP contribution is 2.35. The Kier molecular flexibility index (Phi) is 4.34. The van der Waals surface area contributed by atoms with Gasteiger partial charge in [0, 0.05) is 23.4 Å². The highest BCUT2D eigenvalue weighted by molar-refractivity contribution is 7.99. The molecule has 1 aromatic carbocycles. The second kappa shape index (κ2) is 6.19. The molecule has 3 heteroatoms. The van der Waals surface area contributed by atoms with Gasteiger partial charge in [-0.25, -0.2) is 0 Å². The smallest absolute Gasteiger partial charge is 0.126 e. The number of hydrogen-bond acceptors (Lipinski definition) is 3. The molecule has 2 nitrogen and oxygen atoms in total. The molecular formula is C16H23NOS. The standard InChI is InChI=1S/C16H23NOS/c1-12-5-2-7-14-15(8-3-9-18-16(12)14)17-13-6-4-10-19-11-13/h2,5,7,13,15,17H,3-4,6,8-11H2,1H3. The number of rotatable bonds is 2. The van der Waals surface area contributed by atoms with E-state index in [2.05, 4.69) is 42.2 Å². The SMILES string of the molecule is Cc1cccc2c1OCCCC2NC1CCCSC1. The number of aryl methyl sites for hydroxylation is 1. The minimum absolute atomic E-state index is 0.473. The fourth-order valence-corrected chi connectivity index (χ4v) is 4.18. The molecule has 2 unspecified atom stereocenters. The number of hydrogen-bond donors (Lipinski definition) is 1. The van der Waals surface area contributed by atoms with Gasteiger partial charge in [-0.2, -0.15) is 11.8 Å². The van der Waals surface area contributed by atoms with Gasteiger partial charge in [-0.05, 0) is 43.9 Å². The second-order valence-electron chi connectivity index (χ2n) is 5.62. The maximum absolute atomic E-state index is 5.95. The molecular weight excluding hydrogens is 254 g/mol. The van der Waals surface area contributed by atoms with Crippen molar-refractivity contribution < 1.29 is 4.74 Å². The van der Waals surface area contributed by atoms with Crippen LogP contribution < -0.4 is 10.1 Å². The van der Waals surface area contributed by atoms with Gasteiger partial charge in [-0.3, -0.25) is 0 Å². The van der Waals surface area contributed by atoms with Crippen LogP contribution in [0.2, 0.25) is 0 Å². The second-order valence-corrected chi connectivity index (χ2v) is 6.77. The summed E-state index contributed by atoms with van der Waals surface area (Å²) in [7, 11) is 0. The molecule has 0 aromatic heterocycles. The van der Waals surface area contributed by atoms with Crippen LogP contribution in [0.25, 0.3) is 0 Å². The van der Waals surface area contributed by atoms with Gasteiger partial charge in [0.1, 0.15) is 5.75 Å². The number of benzene rings is 1. The van der Waals surface area contributed by atoms with Gasteiger partial charge >= 0.3 is 0 Å². The van der Waals surface area contributed by atoms with E-state index in [4.69, 9.17) is 4.74 Å². The van der Waals surface area contributed by atoms with Crippen molar-refractivity contribution in [3.63, 3.8) is 0 Å². The molecule has 2 heterocycles. The summed E-state index contributed by atoms with van der Waals surface area (Å²) in [6.45, 7) is 3.01. The van der Waals surface area contributed by atoms with Gasteiger partial charge < -0.3 is 10.1 Å². The Morgan fingerprint density at radius 2 is 2.21 bits per heavy atom. The van der Waals surface area contributed by atoms with Crippen molar-refractivity contribution in [3.05, 3.63) is 29.3 Å². The molecule has 0 radical (unpaired) electrons. The third-order valence-electron chi connectivity index (χ3n) is 4.10. The van der Waals surface area contributed by atoms with Gasteiger partial charge in [-0.1, -0.05) is 18.2 Å². The molecule has 0 aliphatic carbocycles. The molecule has 0 bridgehead atoms. The largest absolute Gasteiger partial charge is 0.493 e. The van der Waals surface area contributed by atoms with Gasteiger partial charge in [0.05, 0.1) is 6.61 Å². The van der Waals surface area contributed by atoms with Crippen LogP contribution in [0.4, 0.5) is 0 Å². The van der Waals surface area contributed by atoms with Crippen molar-refractivity contribution in [1.29, 1.82) is 0 Å². The highest BCUT2D eigenvalue weighted by Gasteiger charge is 2.24. The maximum Gasteiger partial charge on any atom is 0.126 e. The summed E-state index contributed by atoms with van der Waals surface area (Å²) in [5.74, 6) is 3.72. The first-order valence-corrected chi connectivity index (χ1v) is 8.56. The molecule has 1 aromatic rings. The summed E-state index contributed by atoms with van der Waals surface area (Å²) < 4.78 is 5.95. The van der Waals surface area contributed by atoms with Crippen molar-refractivity contribution in [2.24, 2.45) is 0 Å². The quantitative estimate of drug-likeness (QED) is 0.890. The Morgan fingerprint density at radius 1 is 1.26 bits per heavy atom. The predicted octanol–water partition coefficient (Wildman–Crippen LogP) is 3.69. The van der Waals surface area contributed by atoms with Crippen molar-refractivity contribution >= 4 is 11.8 Å². The van der Waals surface area contributed by atoms with Crippen molar-refractivity contribution in [2.75, 3.05) is 18.1 Å². The van der Waals surface area contributed by atoms with Gasteiger partial charge in [-0.15, -0.1) is 0 Å². The Bertz CT molecular complexity index is 429. The molecule has 19 heavy (non-hydrogen) atoms.